The van der Waals surface area contributed by atoms with E-state index in [1.807, 2.05) is 43.0 Å². The van der Waals surface area contributed by atoms with Crippen LogP contribution in [-0.2, 0) is 32.6 Å². The van der Waals surface area contributed by atoms with Gasteiger partial charge in [-0.2, -0.15) is 4.31 Å². The van der Waals surface area contributed by atoms with E-state index in [1.54, 1.807) is 12.1 Å². The normalized spacial score (nSPS) is 18.0. The number of amides is 2. The van der Waals surface area contributed by atoms with E-state index in [-0.39, 0.29) is 35.2 Å². The Morgan fingerprint density at radius 3 is 2.47 bits per heavy atom. The second-order valence-electron chi connectivity index (χ2n) is 8.85. The molecular formula is C24H29N3O4S. The van der Waals surface area contributed by atoms with Gasteiger partial charge in [0.1, 0.15) is 0 Å². The quantitative estimate of drug-likeness (QED) is 0.695. The lowest BCUT2D eigenvalue weighted by molar-refractivity contribution is -0.121. The number of hydrogen-bond donors (Lipinski definition) is 1. The van der Waals surface area contributed by atoms with E-state index in [4.69, 9.17) is 0 Å². The second-order valence-corrected chi connectivity index (χ2v) is 10.9. The molecular weight excluding hydrogens is 426 g/mol. The van der Waals surface area contributed by atoms with E-state index >= 15 is 0 Å². The monoisotopic (exact) mass is 455 g/mol. The molecule has 1 aliphatic carbocycles. The molecule has 7 nitrogen and oxygen atoms in total. The topological polar surface area (TPSA) is 86.8 Å². The standard InChI is InChI=1S/C24H29N3O4S/c1-16-4-6-18(7-5-16)14-25-23(28)15-26(3)32(30,31)21-10-11-22-20(13-21)12-17(2)27(22)24(29)19-8-9-19/h4-7,10-11,13,17,19H,8-9,12,14-15H2,1-3H3,(H,25,28)/t17-/m0/s1. The van der Waals surface area contributed by atoms with Crippen molar-refractivity contribution < 1.29 is 18.0 Å². The maximum Gasteiger partial charge on any atom is 0.243 e. The number of benzene rings is 2. The van der Waals surface area contributed by atoms with Crippen LogP contribution in [0.4, 0.5) is 5.69 Å². The predicted octanol–water partition coefficient (Wildman–Crippen LogP) is 2.62. The molecule has 1 saturated carbocycles. The van der Waals surface area contributed by atoms with Gasteiger partial charge in [-0.3, -0.25) is 9.59 Å². The summed E-state index contributed by atoms with van der Waals surface area (Å²) in [6, 6.07) is 12.7. The Morgan fingerprint density at radius 1 is 1.12 bits per heavy atom. The zero-order valence-electron chi connectivity index (χ0n) is 18.7. The summed E-state index contributed by atoms with van der Waals surface area (Å²) in [5, 5.41) is 2.77. The number of rotatable bonds is 7. The predicted molar refractivity (Wildman–Crippen MR) is 123 cm³/mol. The van der Waals surface area contributed by atoms with Gasteiger partial charge in [0, 0.05) is 31.2 Å². The molecule has 1 aliphatic heterocycles. The van der Waals surface area contributed by atoms with Gasteiger partial charge in [0.15, 0.2) is 0 Å². The van der Waals surface area contributed by atoms with Crippen molar-refractivity contribution in [3.63, 3.8) is 0 Å². The first-order valence-electron chi connectivity index (χ1n) is 10.9. The van der Waals surface area contributed by atoms with Crippen LogP contribution in [0.3, 0.4) is 0 Å². The molecule has 0 saturated heterocycles. The fourth-order valence-electron chi connectivity index (χ4n) is 4.06. The van der Waals surface area contributed by atoms with Crippen molar-refractivity contribution in [2.45, 2.75) is 50.6 Å². The number of nitrogens with one attached hydrogen (secondary N) is 1. The summed E-state index contributed by atoms with van der Waals surface area (Å²) < 4.78 is 27.2. The Labute approximate surface area is 189 Å². The van der Waals surface area contributed by atoms with E-state index in [2.05, 4.69) is 5.32 Å². The third kappa shape index (κ3) is 4.56. The minimum absolute atomic E-state index is 0.0151. The lowest BCUT2D eigenvalue weighted by Gasteiger charge is -2.23. The van der Waals surface area contributed by atoms with Gasteiger partial charge in [0.2, 0.25) is 21.8 Å². The zero-order valence-corrected chi connectivity index (χ0v) is 19.5. The number of sulfonamides is 1. The highest BCUT2D eigenvalue weighted by atomic mass is 32.2. The fraction of sp³-hybridized carbons (Fsp3) is 0.417. The largest absolute Gasteiger partial charge is 0.351 e. The number of likely N-dealkylation sites (N-methyl/N-ethyl adjacent to an activating group) is 1. The van der Waals surface area contributed by atoms with Crippen LogP contribution in [0, 0.1) is 12.8 Å². The molecule has 4 rings (SSSR count). The molecule has 0 radical (unpaired) electrons. The Kier molecular flexibility index (Phi) is 6.09. The van der Waals surface area contributed by atoms with E-state index in [1.165, 1.54) is 13.1 Å². The van der Waals surface area contributed by atoms with Gasteiger partial charge < -0.3 is 10.2 Å². The van der Waals surface area contributed by atoms with Gasteiger partial charge in [-0.1, -0.05) is 29.8 Å². The molecule has 1 N–H and O–H groups in total. The molecule has 32 heavy (non-hydrogen) atoms. The Balaban J connectivity index is 1.42. The SMILES string of the molecule is Cc1ccc(CNC(=O)CN(C)S(=O)(=O)c2ccc3c(c2)C[C@H](C)N3C(=O)C2CC2)cc1. The van der Waals surface area contributed by atoms with Crippen molar-refractivity contribution in [3.8, 4) is 0 Å². The Bertz CT molecular complexity index is 1140. The first kappa shape index (κ1) is 22.5. The molecule has 2 aromatic rings. The van der Waals surface area contributed by atoms with Crippen LogP contribution < -0.4 is 10.2 Å². The van der Waals surface area contributed by atoms with Gasteiger partial charge in [-0.05, 0) is 62.4 Å². The van der Waals surface area contributed by atoms with Crippen LogP contribution in [0.2, 0.25) is 0 Å². The number of anilines is 1. The molecule has 0 spiro atoms. The summed E-state index contributed by atoms with van der Waals surface area (Å²) in [6.07, 6.45) is 2.49. The first-order valence-corrected chi connectivity index (χ1v) is 12.4. The van der Waals surface area contributed by atoms with Crippen LogP contribution in [0.1, 0.15) is 36.5 Å². The van der Waals surface area contributed by atoms with Crippen LogP contribution in [0.25, 0.3) is 0 Å². The first-order chi connectivity index (χ1) is 15.2. The summed E-state index contributed by atoms with van der Waals surface area (Å²) in [4.78, 5) is 26.9. The van der Waals surface area contributed by atoms with Crippen molar-refractivity contribution in [1.82, 2.24) is 9.62 Å². The summed E-state index contributed by atoms with van der Waals surface area (Å²) >= 11 is 0. The minimum Gasteiger partial charge on any atom is -0.351 e. The Hall–Kier alpha value is -2.71. The van der Waals surface area contributed by atoms with Gasteiger partial charge in [-0.15, -0.1) is 0 Å². The average Bonchev–Trinajstić information content (AvgIpc) is 3.54. The van der Waals surface area contributed by atoms with Crippen LogP contribution in [0.5, 0.6) is 0 Å². The molecule has 2 amide bonds. The molecule has 0 unspecified atom stereocenters. The van der Waals surface area contributed by atoms with Crippen molar-refractivity contribution in [1.29, 1.82) is 0 Å². The second kappa shape index (κ2) is 8.67. The number of carbonyl (C=O) groups is 2. The molecule has 2 aromatic carbocycles. The number of fused-ring (bicyclic) bond motifs is 1. The van der Waals surface area contributed by atoms with Crippen LogP contribution >= 0.6 is 0 Å². The molecule has 0 bridgehead atoms. The van der Waals surface area contributed by atoms with Crippen LogP contribution in [0.15, 0.2) is 47.4 Å². The van der Waals surface area contributed by atoms with Crippen molar-refractivity contribution in [2.24, 2.45) is 5.92 Å². The van der Waals surface area contributed by atoms with E-state index in [0.29, 0.717) is 13.0 Å². The minimum atomic E-state index is -3.83. The van der Waals surface area contributed by atoms with E-state index in [0.717, 1.165) is 39.5 Å². The molecule has 0 aromatic heterocycles. The number of carbonyl (C=O) groups excluding carboxylic acids is 2. The maximum absolute atomic E-state index is 13.1. The van der Waals surface area contributed by atoms with Gasteiger partial charge >= 0.3 is 0 Å². The molecule has 1 fully saturated rings. The molecule has 2 aliphatic rings. The molecule has 170 valence electrons. The van der Waals surface area contributed by atoms with E-state index < -0.39 is 10.0 Å². The van der Waals surface area contributed by atoms with Crippen molar-refractivity contribution in [3.05, 3.63) is 59.2 Å². The Morgan fingerprint density at radius 2 is 1.81 bits per heavy atom. The smallest absolute Gasteiger partial charge is 0.243 e. The zero-order chi connectivity index (χ0) is 23.0. The summed E-state index contributed by atoms with van der Waals surface area (Å²) in [6.45, 7) is 4.05. The summed E-state index contributed by atoms with van der Waals surface area (Å²) in [5.41, 5.74) is 3.74. The number of aryl methyl sites for hydroxylation is 1. The number of nitrogens with zero attached hydrogens (tertiary/aromatic N) is 2. The third-order valence-electron chi connectivity index (χ3n) is 6.12. The highest BCUT2D eigenvalue weighted by Gasteiger charge is 2.40. The van der Waals surface area contributed by atoms with Crippen molar-refractivity contribution >= 4 is 27.5 Å². The highest BCUT2D eigenvalue weighted by Crippen LogP contribution is 2.39. The molecule has 1 atom stereocenters. The molecule has 8 heteroatoms. The van der Waals surface area contributed by atoms with Crippen LogP contribution in [-0.4, -0.2) is 44.2 Å². The maximum atomic E-state index is 13.1. The third-order valence-corrected chi connectivity index (χ3v) is 7.91. The fourth-order valence-corrected chi connectivity index (χ4v) is 5.24. The lowest BCUT2D eigenvalue weighted by atomic mass is 10.1. The number of hydrogen-bond acceptors (Lipinski definition) is 4. The summed E-state index contributed by atoms with van der Waals surface area (Å²) in [5.74, 6) is -0.127. The average molecular weight is 456 g/mol. The van der Waals surface area contributed by atoms with Gasteiger partial charge in [-0.25, -0.2) is 8.42 Å². The molecule has 1 heterocycles. The van der Waals surface area contributed by atoms with Crippen molar-refractivity contribution in [2.75, 3.05) is 18.5 Å². The van der Waals surface area contributed by atoms with E-state index in [9.17, 15) is 18.0 Å². The summed E-state index contributed by atoms with van der Waals surface area (Å²) in [7, 11) is -2.43. The van der Waals surface area contributed by atoms with Gasteiger partial charge in [0.25, 0.3) is 0 Å². The van der Waals surface area contributed by atoms with Gasteiger partial charge in [0.05, 0.1) is 11.4 Å². The highest BCUT2D eigenvalue weighted by molar-refractivity contribution is 7.89. The lowest BCUT2D eigenvalue weighted by Crippen LogP contribution is -2.38.